The molecule has 0 spiro atoms. The SMILES string of the molecule is NC(=O)Nc1sc(-c2ccc(O)cc2)cc1C(=O)NCc1cccs1. The second-order valence-electron chi connectivity index (χ2n) is 5.15. The summed E-state index contributed by atoms with van der Waals surface area (Å²) in [6.45, 7) is 0.414. The number of anilines is 1. The van der Waals surface area contributed by atoms with Gasteiger partial charge in [-0.1, -0.05) is 6.07 Å². The van der Waals surface area contributed by atoms with Crippen LogP contribution in [0.5, 0.6) is 5.75 Å². The molecule has 3 amide bonds. The van der Waals surface area contributed by atoms with E-state index in [-0.39, 0.29) is 11.7 Å². The zero-order valence-electron chi connectivity index (χ0n) is 13.0. The van der Waals surface area contributed by atoms with E-state index in [1.807, 2.05) is 17.5 Å². The number of aromatic hydroxyl groups is 1. The zero-order valence-corrected chi connectivity index (χ0v) is 14.6. The third-order valence-electron chi connectivity index (χ3n) is 3.37. The monoisotopic (exact) mass is 373 g/mol. The first-order valence-electron chi connectivity index (χ1n) is 7.33. The van der Waals surface area contributed by atoms with Gasteiger partial charge in [0, 0.05) is 9.75 Å². The van der Waals surface area contributed by atoms with Crippen molar-refractivity contribution in [1.29, 1.82) is 0 Å². The first-order chi connectivity index (χ1) is 12.0. The van der Waals surface area contributed by atoms with Crippen molar-refractivity contribution in [3.63, 3.8) is 0 Å². The van der Waals surface area contributed by atoms with Gasteiger partial charge in [0.25, 0.3) is 5.91 Å². The number of phenolic OH excluding ortho intramolecular Hbond substituents is 1. The van der Waals surface area contributed by atoms with Crippen LogP contribution < -0.4 is 16.4 Å². The summed E-state index contributed by atoms with van der Waals surface area (Å²) in [6, 6.07) is 11.4. The number of thiophene rings is 2. The summed E-state index contributed by atoms with van der Waals surface area (Å²) in [5.41, 5.74) is 6.38. The van der Waals surface area contributed by atoms with E-state index in [1.165, 1.54) is 11.3 Å². The Morgan fingerprint density at radius 2 is 1.92 bits per heavy atom. The maximum Gasteiger partial charge on any atom is 0.317 e. The van der Waals surface area contributed by atoms with Crippen LogP contribution in [0.2, 0.25) is 0 Å². The van der Waals surface area contributed by atoms with Crippen LogP contribution in [0.25, 0.3) is 10.4 Å². The summed E-state index contributed by atoms with van der Waals surface area (Å²) in [5.74, 6) is -0.136. The van der Waals surface area contributed by atoms with Gasteiger partial charge in [-0.05, 0) is 47.3 Å². The van der Waals surface area contributed by atoms with Gasteiger partial charge in [-0.2, -0.15) is 0 Å². The third-order valence-corrected chi connectivity index (χ3v) is 5.34. The molecule has 2 aromatic heterocycles. The molecule has 0 saturated heterocycles. The lowest BCUT2D eigenvalue weighted by Gasteiger charge is -2.05. The van der Waals surface area contributed by atoms with E-state index in [0.29, 0.717) is 17.1 Å². The summed E-state index contributed by atoms with van der Waals surface area (Å²) in [4.78, 5) is 25.6. The molecule has 0 fully saturated rings. The molecule has 0 radical (unpaired) electrons. The average Bonchev–Trinajstić information content (AvgIpc) is 3.22. The smallest absolute Gasteiger partial charge is 0.317 e. The Balaban J connectivity index is 1.86. The highest BCUT2D eigenvalue weighted by atomic mass is 32.1. The molecule has 0 unspecified atom stereocenters. The van der Waals surface area contributed by atoms with Gasteiger partial charge in [-0.3, -0.25) is 10.1 Å². The molecule has 0 aliphatic carbocycles. The van der Waals surface area contributed by atoms with Crippen LogP contribution >= 0.6 is 22.7 Å². The Kier molecular flexibility index (Phi) is 5.01. The summed E-state index contributed by atoms with van der Waals surface area (Å²) < 4.78 is 0. The number of hydrogen-bond acceptors (Lipinski definition) is 5. The first-order valence-corrected chi connectivity index (χ1v) is 9.03. The van der Waals surface area contributed by atoms with E-state index in [4.69, 9.17) is 5.73 Å². The summed E-state index contributed by atoms with van der Waals surface area (Å²) in [5, 5.41) is 17.1. The minimum atomic E-state index is -0.730. The molecule has 0 saturated carbocycles. The maximum absolute atomic E-state index is 12.5. The predicted octanol–water partition coefficient (Wildman–Crippen LogP) is 3.60. The summed E-state index contributed by atoms with van der Waals surface area (Å²) in [6.07, 6.45) is 0. The van der Waals surface area contributed by atoms with Crippen LogP contribution in [0.3, 0.4) is 0 Å². The van der Waals surface area contributed by atoms with Crippen LogP contribution in [0.4, 0.5) is 9.80 Å². The molecule has 0 atom stereocenters. The number of carbonyl (C=O) groups is 2. The van der Waals surface area contributed by atoms with Crippen LogP contribution in [0.1, 0.15) is 15.2 Å². The fourth-order valence-electron chi connectivity index (χ4n) is 2.21. The van der Waals surface area contributed by atoms with Crippen molar-refractivity contribution in [2.75, 3.05) is 5.32 Å². The van der Waals surface area contributed by atoms with Crippen molar-refractivity contribution in [3.05, 3.63) is 58.3 Å². The summed E-state index contributed by atoms with van der Waals surface area (Å²) >= 11 is 2.80. The fourth-order valence-corrected chi connectivity index (χ4v) is 3.92. The van der Waals surface area contributed by atoms with Crippen molar-refractivity contribution in [3.8, 4) is 16.2 Å². The first kappa shape index (κ1) is 17.0. The lowest BCUT2D eigenvalue weighted by atomic mass is 10.1. The molecule has 3 aromatic rings. The standard InChI is InChI=1S/C17H15N3O3S2/c18-17(23)20-16-13(15(22)19-9-12-2-1-7-24-12)8-14(25-16)10-3-5-11(21)6-4-10/h1-8,21H,9H2,(H,19,22)(H3,18,20,23). The largest absolute Gasteiger partial charge is 0.508 e. The van der Waals surface area contributed by atoms with Gasteiger partial charge in [0.15, 0.2) is 0 Å². The van der Waals surface area contributed by atoms with E-state index < -0.39 is 6.03 Å². The lowest BCUT2D eigenvalue weighted by molar-refractivity contribution is 0.0952. The van der Waals surface area contributed by atoms with Crippen molar-refractivity contribution >= 4 is 39.6 Å². The van der Waals surface area contributed by atoms with Crippen LogP contribution in [-0.4, -0.2) is 17.0 Å². The second-order valence-corrected chi connectivity index (χ2v) is 7.24. The van der Waals surface area contributed by atoms with E-state index in [0.717, 1.165) is 15.3 Å². The van der Waals surface area contributed by atoms with Crippen molar-refractivity contribution in [2.45, 2.75) is 6.54 Å². The maximum atomic E-state index is 12.5. The summed E-state index contributed by atoms with van der Waals surface area (Å²) in [7, 11) is 0. The number of urea groups is 1. The number of primary amides is 1. The fraction of sp³-hybridized carbons (Fsp3) is 0.0588. The number of rotatable bonds is 5. The molecule has 8 heteroatoms. The highest BCUT2D eigenvalue weighted by molar-refractivity contribution is 7.20. The average molecular weight is 373 g/mol. The minimum absolute atomic E-state index is 0.157. The molecule has 1 aromatic carbocycles. The van der Waals surface area contributed by atoms with Gasteiger partial charge in [0.1, 0.15) is 10.8 Å². The number of phenols is 1. The number of nitrogens with one attached hydrogen (secondary N) is 2. The number of nitrogens with two attached hydrogens (primary N) is 1. The number of benzene rings is 1. The van der Waals surface area contributed by atoms with E-state index in [9.17, 15) is 14.7 Å². The molecule has 128 valence electrons. The number of hydrogen-bond donors (Lipinski definition) is 4. The van der Waals surface area contributed by atoms with Gasteiger partial charge in [-0.15, -0.1) is 22.7 Å². The second kappa shape index (κ2) is 7.37. The van der Waals surface area contributed by atoms with Crippen molar-refractivity contribution < 1.29 is 14.7 Å². The molecule has 3 rings (SSSR count). The van der Waals surface area contributed by atoms with Crippen molar-refractivity contribution in [2.24, 2.45) is 5.73 Å². The predicted molar refractivity (Wildman–Crippen MR) is 100 cm³/mol. The van der Waals surface area contributed by atoms with Crippen LogP contribution in [0, 0.1) is 0 Å². The van der Waals surface area contributed by atoms with Gasteiger partial charge in [0.2, 0.25) is 0 Å². The van der Waals surface area contributed by atoms with Crippen LogP contribution in [0.15, 0.2) is 47.8 Å². The Hall–Kier alpha value is -2.84. The molecule has 6 nitrogen and oxygen atoms in total. The number of amides is 3. The highest BCUT2D eigenvalue weighted by Crippen LogP contribution is 2.36. The Labute approximate surface area is 151 Å². The Morgan fingerprint density at radius 3 is 2.56 bits per heavy atom. The molecule has 2 heterocycles. The molecular formula is C17H15N3O3S2. The van der Waals surface area contributed by atoms with Gasteiger partial charge in [-0.25, -0.2) is 4.79 Å². The molecule has 0 aliphatic heterocycles. The minimum Gasteiger partial charge on any atom is -0.508 e. The zero-order chi connectivity index (χ0) is 17.8. The lowest BCUT2D eigenvalue weighted by Crippen LogP contribution is -2.25. The quantitative estimate of drug-likeness (QED) is 0.549. The van der Waals surface area contributed by atoms with E-state index >= 15 is 0 Å². The van der Waals surface area contributed by atoms with Crippen molar-refractivity contribution in [1.82, 2.24) is 5.32 Å². The topological polar surface area (TPSA) is 104 Å². The highest BCUT2D eigenvalue weighted by Gasteiger charge is 2.18. The number of carbonyl (C=O) groups excluding carboxylic acids is 2. The van der Waals surface area contributed by atoms with E-state index in [2.05, 4.69) is 10.6 Å². The molecular weight excluding hydrogens is 358 g/mol. The van der Waals surface area contributed by atoms with Crippen LogP contribution in [-0.2, 0) is 6.54 Å². The Bertz CT molecular complexity index is 887. The molecule has 0 bridgehead atoms. The molecule has 0 aliphatic rings. The van der Waals surface area contributed by atoms with Gasteiger partial charge in [0.05, 0.1) is 12.1 Å². The Morgan fingerprint density at radius 1 is 1.16 bits per heavy atom. The van der Waals surface area contributed by atoms with E-state index in [1.54, 1.807) is 41.7 Å². The molecule has 5 N–H and O–H groups in total. The van der Waals surface area contributed by atoms with Gasteiger partial charge >= 0.3 is 6.03 Å². The third kappa shape index (κ3) is 4.17. The molecule has 25 heavy (non-hydrogen) atoms. The normalized spacial score (nSPS) is 10.4. The van der Waals surface area contributed by atoms with Gasteiger partial charge < -0.3 is 16.2 Å².